The van der Waals surface area contributed by atoms with Gasteiger partial charge in [0.2, 0.25) is 0 Å². The molecule has 0 rings (SSSR count). The number of hydrogen-bond donors (Lipinski definition) is 2. The molecule has 5 nitrogen and oxygen atoms in total. The van der Waals surface area contributed by atoms with Crippen LogP contribution in [0, 0.1) is 0 Å². The summed E-state index contributed by atoms with van der Waals surface area (Å²) >= 11 is 0. The summed E-state index contributed by atoms with van der Waals surface area (Å²) in [7, 11) is -3.66. The summed E-state index contributed by atoms with van der Waals surface area (Å²) < 4.78 is 21.7. The quantitative estimate of drug-likeness (QED) is 0.573. The third-order valence-corrected chi connectivity index (χ3v) is 3.29. The number of aliphatic carboxylic acids is 1. The van der Waals surface area contributed by atoms with Crippen molar-refractivity contribution in [3.63, 3.8) is 0 Å². The van der Waals surface area contributed by atoms with E-state index < -0.39 is 33.4 Å². The minimum atomic E-state index is -3.66. The maximum atomic E-state index is 10.8. The highest BCUT2D eigenvalue weighted by atomic mass is 32.2. The fourth-order valence-corrected chi connectivity index (χ4v) is 1.37. The molecule has 11 heavy (non-hydrogen) atoms. The van der Waals surface area contributed by atoms with E-state index in [0.717, 1.165) is 6.92 Å². The lowest BCUT2D eigenvalue weighted by Crippen LogP contribution is -2.30. The van der Waals surface area contributed by atoms with E-state index >= 15 is 0 Å². The van der Waals surface area contributed by atoms with Gasteiger partial charge in [0.25, 0.3) is 0 Å². The van der Waals surface area contributed by atoms with E-state index in [0.29, 0.717) is 0 Å². The number of carboxylic acid groups (broad SMARTS) is 1. The second kappa shape index (κ2) is 3.68. The predicted octanol–water partition coefficient (Wildman–Crippen LogP) is -1.13. The molecular formula is C5H10O5S. The van der Waals surface area contributed by atoms with Crippen LogP contribution in [0.5, 0.6) is 0 Å². The molecule has 0 aliphatic heterocycles. The van der Waals surface area contributed by atoms with Crippen LogP contribution in [-0.2, 0) is 14.6 Å². The Morgan fingerprint density at radius 1 is 1.55 bits per heavy atom. The van der Waals surface area contributed by atoms with E-state index in [2.05, 4.69) is 0 Å². The summed E-state index contributed by atoms with van der Waals surface area (Å²) in [6, 6.07) is 0. The number of carbonyl (C=O) groups is 1. The average molecular weight is 182 g/mol. The van der Waals surface area contributed by atoms with Crippen molar-refractivity contribution in [3.05, 3.63) is 0 Å². The van der Waals surface area contributed by atoms with Gasteiger partial charge in [0, 0.05) is 0 Å². The predicted molar refractivity (Wildman–Crippen MR) is 38.0 cm³/mol. The van der Waals surface area contributed by atoms with E-state index in [4.69, 9.17) is 10.2 Å². The van der Waals surface area contributed by atoms with Crippen molar-refractivity contribution in [1.82, 2.24) is 0 Å². The second-order valence-corrected chi connectivity index (χ2v) is 4.51. The third kappa shape index (κ3) is 2.85. The first kappa shape index (κ1) is 10.4. The molecule has 0 radical (unpaired) electrons. The van der Waals surface area contributed by atoms with E-state index in [9.17, 15) is 13.2 Å². The molecule has 0 aliphatic rings. The lowest BCUT2D eigenvalue weighted by Gasteiger charge is -2.05. The van der Waals surface area contributed by atoms with Crippen molar-refractivity contribution in [2.75, 3.05) is 12.4 Å². The van der Waals surface area contributed by atoms with Crippen molar-refractivity contribution in [2.45, 2.75) is 12.2 Å². The van der Waals surface area contributed by atoms with Gasteiger partial charge in [-0.1, -0.05) is 0 Å². The highest BCUT2D eigenvalue weighted by molar-refractivity contribution is 7.92. The molecular weight excluding hydrogens is 172 g/mol. The minimum Gasteiger partial charge on any atom is -0.480 e. The summed E-state index contributed by atoms with van der Waals surface area (Å²) in [4.78, 5) is 10.2. The molecule has 0 fully saturated rings. The number of carboxylic acids is 1. The Balaban J connectivity index is 4.44. The maximum absolute atomic E-state index is 10.8. The Morgan fingerprint density at radius 2 is 2.00 bits per heavy atom. The highest BCUT2D eigenvalue weighted by Gasteiger charge is 2.26. The van der Waals surface area contributed by atoms with Crippen LogP contribution in [0.4, 0.5) is 0 Å². The fourth-order valence-electron chi connectivity index (χ4n) is 0.458. The lowest BCUT2D eigenvalue weighted by molar-refractivity contribution is -0.136. The molecule has 0 aromatic heterocycles. The summed E-state index contributed by atoms with van der Waals surface area (Å²) in [6.07, 6.45) is 0. The molecule has 0 aromatic carbocycles. The highest BCUT2D eigenvalue weighted by Crippen LogP contribution is 2.00. The van der Waals surface area contributed by atoms with E-state index in [1.165, 1.54) is 0 Å². The van der Waals surface area contributed by atoms with E-state index in [1.807, 2.05) is 0 Å². The molecule has 0 aromatic rings. The third-order valence-electron chi connectivity index (χ3n) is 1.26. The smallest absolute Gasteiger partial charge is 0.321 e. The molecule has 2 N–H and O–H groups in total. The number of aliphatic hydroxyl groups excluding tert-OH is 1. The molecule has 0 aliphatic carbocycles. The normalized spacial score (nSPS) is 14.4. The first-order valence-corrected chi connectivity index (χ1v) is 4.68. The summed E-state index contributed by atoms with van der Waals surface area (Å²) in [5.41, 5.74) is 0. The van der Waals surface area contributed by atoms with Crippen molar-refractivity contribution < 1.29 is 23.4 Å². The Kier molecular flexibility index (Phi) is 3.47. The van der Waals surface area contributed by atoms with Crippen LogP contribution < -0.4 is 0 Å². The molecule has 0 saturated carbocycles. The SMILES string of the molecule is CC(C(=O)O)S(=O)(=O)CCO. The first-order chi connectivity index (χ1) is 4.91. The number of rotatable bonds is 4. The number of hydrogen-bond acceptors (Lipinski definition) is 4. The average Bonchev–Trinajstić information content (AvgIpc) is 1.86. The lowest BCUT2D eigenvalue weighted by atomic mass is 10.5. The van der Waals surface area contributed by atoms with Crippen molar-refractivity contribution in [3.8, 4) is 0 Å². The Labute approximate surface area is 64.6 Å². The van der Waals surface area contributed by atoms with Crippen molar-refractivity contribution >= 4 is 15.8 Å². The summed E-state index contributed by atoms with van der Waals surface area (Å²) in [5, 5.41) is 15.1. The molecule has 1 unspecified atom stereocenters. The molecule has 1 atom stereocenters. The molecule has 0 heterocycles. The summed E-state index contributed by atoms with van der Waals surface area (Å²) in [6.45, 7) is 0.535. The zero-order valence-electron chi connectivity index (χ0n) is 6.02. The fraction of sp³-hybridized carbons (Fsp3) is 0.800. The minimum absolute atomic E-state index is 0.500. The first-order valence-electron chi connectivity index (χ1n) is 2.97. The van der Waals surface area contributed by atoms with Gasteiger partial charge in [0.05, 0.1) is 12.4 Å². The van der Waals surface area contributed by atoms with Crippen molar-refractivity contribution in [2.24, 2.45) is 0 Å². The Morgan fingerprint density at radius 3 is 2.27 bits per heavy atom. The molecule has 0 bridgehead atoms. The Hall–Kier alpha value is -0.620. The number of sulfone groups is 1. The zero-order chi connectivity index (χ0) is 9.07. The number of aliphatic hydroxyl groups is 1. The van der Waals surface area contributed by atoms with Crippen LogP contribution >= 0.6 is 0 Å². The van der Waals surface area contributed by atoms with Crippen LogP contribution in [0.3, 0.4) is 0 Å². The molecule has 0 amide bonds. The molecule has 66 valence electrons. The topological polar surface area (TPSA) is 91.7 Å². The van der Waals surface area contributed by atoms with Gasteiger partial charge >= 0.3 is 5.97 Å². The van der Waals surface area contributed by atoms with Crippen molar-refractivity contribution in [1.29, 1.82) is 0 Å². The van der Waals surface area contributed by atoms with E-state index in [1.54, 1.807) is 0 Å². The van der Waals surface area contributed by atoms with Crippen LogP contribution in [0.1, 0.15) is 6.92 Å². The molecule has 0 spiro atoms. The standard InChI is InChI=1S/C5H10O5S/c1-4(5(7)8)11(9,10)3-2-6/h4,6H,2-3H2,1H3,(H,7,8). The largest absolute Gasteiger partial charge is 0.480 e. The maximum Gasteiger partial charge on any atom is 0.321 e. The molecule has 0 saturated heterocycles. The second-order valence-electron chi connectivity index (χ2n) is 2.07. The van der Waals surface area contributed by atoms with Crippen LogP contribution in [0.25, 0.3) is 0 Å². The van der Waals surface area contributed by atoms with Gasteiger partial charge < -0.3 is 10.2 Å². The van der Waals surface area contributed by atoms with E-state index in [-0.39, 0.29) is 0 Å². The monoisotopic (exact) mass is 182 g/mol. The Bertz CT molecular complexity index is 229. The van der Waals surface area contributed by atoms with Crippen LogP contribution in [0.2, 0.25) is 0 Å². The van der Waals surface area contributed by atoms with Crippen LogP contribution in [0.15, 0.2) is 0 Å². The zero-order valence-corrected chi connectivity index (χ0v) is 6.84. The van der Waals surface area contributed by atoms with Gasteiger partial charge in [-0.2, -0.15) is 0 Å². The van der Waals surface area contributed by atoms with Gasteiger partial charge in [-0.3, -0.25) is 4.79 Å². The van der Waals surface area contributed by atoms with Gasteiger partial charge in [0.15, 0.2) is 15.1 Å². The summed E-state index contributed by atoms with van der Waals surface area (Å²) in [5.74, 6) is -1.89. The van der Waals surface area contributed by atoms with Gasteiger partial charge in [-0.25, -0.2) is 8.42 Å². The van der Waals surface area contributed by atoms with Crippen LogP contribution in [-0.4, -0.2) is 42.2 Å². The molecule has 6 heteroatoms. The van der Waals surface area contributed by atoms with Gasteiger partial charge in [0.1, 0.15) is 0 Å². The van der Waals surface area contributed by atoms with Gasteiger partial charge in [-0.05, 0) is 6.92 Å². The van der Waals surface area contributed by atoms with Gasteiger partial charge in [-0.15, -0.1) is 0 Å².